The van der Waals surface area contributed by atoms with Crippen LogP contribution in [0.4, 0.5) is 0 Å². The topological polar surface area (TPSA) is 50.2 Å². The molecule has 0 saturated carbocycles. The molecule has 1 aromatic carbocycles. The van der Waals surface area contributed by atoms with E-state index in [4.69, 9.17) is 5.11 Å². The van der Waals surface area contributed by atoms with Crippen molar-refractivity contribution in [1.29, 1.82) is 0 Å². The maximum Gasteiger partial charge on any atom is 0.335 e. The maximum absolute atomic E-state index is 10.9. The first-order chi connectivity index (χ1) is 8.58. The second-order valence-electron chi connectivity index (χ2n) is 3.67. The van der Waals surface area contributed by atoms with E-state index in [1.165, 1.54) is 11.8 Å². The fraction of sp³-hybridized carbons (Fsp3) is 0.0769. The van der Waals surface area contributed by atoms with Crippen molar-refractivity contribution in [2.75, 3.05) is 0 Å². The largest absolute Gasteiger partial charge is 0.478 e. The first kappa shape index (κ1) is 13.1. The molecule has 92 valence electrons. The van der Waals surface area contributed by atoms with Crippen LogP contribution < -0.4 is 0 Å². The van der Waals surface area contributed by atoms with Crippen molar-refractivity contribution < 1.29 is 9.90 Å². The molecule has 1 aromatic heterocycles. The molecule has 3 nitrogen and oxygen atoms in total. The third kappa shape index (κ3) is 2.91. The van der Waals surface area contributed by atoms with E-state index < -0.39 is 5.97 Å². The molecule has 0 bridgehead atoms. The minimum atomic E-state index is -0.900. The minimum absolute atomic E-state index is 0.333. The molecule has 1 heterocycles. The summed E-state index contributed by atoms with van der Waals surface area (Å²) in [5.41, 5.74) is 1.08. The van der Waals surface area contributed by atoms with E-state index in [-0.39, 0.29) is 0 Å². The molecular weight excluding hydrogens is 314 g/mol. The van der Waals surface area contributed by atoms with Gasteiger partial charge in [0.25, 0.3) is 0 Å². The molecule has 5 heteroatoms. The fourth-order valence-corrected chi connectivity index (χ4v) is 2.87. The molecule has 1 N–H and O–H groups in total. The van der Waals surface area contributed by atoms with E-state index in [1.54, 1.807) is 25.3 Å². The van der Waals surface area contributed by atoms with Crippen molar-refractivity contribution in [2.45, 2.75) is 16.8 Å². The Morgan fingerprint density at radius 1 is 1.39 bits per heavy atom. The smallest absolute Gasteiger partial charge is 0.335 e. The lowest BCUT2D eigenvalue weighted by Crippen LogP contribution is -1.99. The van der Waals surface area contributed by atoms with Crippen LogP contribution in [-0.4, -0.2) is 16.1 Å². The van der Waals surface area contributed by atoms with Gasteiger partial charge in [0.1, 0.15) is 5.03 Å². The van der Waals surface area contributed by atoms with Gasteiger partial charge in [-0.1, -0.05) is 11.8 Å². The highest BCUT2D eigenvalue weighted by Crippen LogP contribution is 2.32. The van der Waals surface area contributed by atoms with Gasteiger partial charge in [-0.05, 0) is 58.7 Å². The van der Waals surface area contributed by atoms with Gasteiger partial charge in [-0.25, -0.2) is 9.78 Å². The Labute approximate surface area is 117 Å². The van der Waals surface area contributed by atoms with Crippen LogP contribution in [0.1, 0.15) is 15.9 Å². The van der Waals surface area contributed by atoms with Crippen molar-refractivity contribution in [2.24, 2.45) is 0 Å². The van der Waals surface area contributed by atoms with Crippen molar-refractivity contribution in [3.63, 3.8) is 0 Å². The van der Waals surface area contributed by atoms with Crippen LogP contribution in [-0.2, 0) is 0 Å². The first-order valence-electron chi connectivity index (χ1n) is 5.20. The van der Waals surface area contributed by atoms with E-state index in [0.717, 1.165) is 20.0 Å². The second kappa shape index (κ2) is 5.54. The van der Waals surface area contributed by atoms with Crippen LogP contribution in [0.15, 0.2) is 50.9 Å². The van der Waals surface area contributed by atoms with E-state index >= 15 is 0 Å². The van der Waals surface area contributed by atoms with Crippen LogP contribution >= 0.6 is 27.7 Å². The molecule has 0 aliphatic carbocycles. The summed E-state index contributed by atoms with van der Waals surface area (Å²) in [4.78, 5) is 16.1. The third-order valence-electron chi connectivity index (χ3n) is 2.37. The molecule has 0 spiro atoms. The molecule has 18 heavy (non-hydrogen) atoms. The number of carboxylic acids is 1. The summed E-state index contributed by atoms with van der Waals surface area (Å²) in [7, 11) is 0. The van der Waals surface area contributed by atoms with Crippen LogP contribution in [0.25, 0.3) is 0 Å². The van der Waals surface area contributed by atoms with Gasteiger partial charge >= 0.3 is 5.97 Å². The van der Waals surface area contributed by atoms with Gasteiger partial charge in [0.05, 0.1) is 10.0 Å². The Morgan fingerprint density at radius 3 is 2.78 bits per heavy atom. The molecule has 0 atom stereocenters. The Morgan fingerprint density at radius 2 is 2.17 bits per heavy atom. The first-order valence-corrected chi connectivity index (χ1v) is 6.81. The van der Waals surface area contributed by atoms with Crippen LogP contribution in [0.3, 0.4) is 0 Å². The maximum atomic E-state index is 10.9. The number of pyridine rings is 1. The number of halogens is 1. The summed E-state index contributed by atoms with van der Waals surface area (Å²) in [6, 6.07) is 9.05. The number of aromatic nitrogens is 1. The predicted molar refractivity (Wildman–Crippen MR) is 74.2 cm³/mol. The fourth-order valence-electron chi connectivity index (χ4n) is 1.50. The number of aryl methyl sites for hydroxylation is 1. The Hall–Kier alpha value is -1.33. The highest BCUT2D eigenvalue weighted by Gasteiger charge is 2.09. The van der Waals surface area contributed by atoms with Crippen LogP contribution in [0, 0.1) is 6.92 Å². The average Bonchev–Trinajstić information content (AvgIpc) is 2.32. The van der Waals surface area contributed by atoms with Gasteiger partial charge in [0.15, 0.2) is 0 Å². The third-order valence-corrected chi connectivity index (χ3v) is 4.28. The Bertz CT molecular complexity index is 601. The minimum Gasteiger partial charge on any atom is -0.478 e. The number of nitrogens with zero attached hydrogens (tertiary/aromatic N) is 1. The molecule has 0 aliphatic heterocycles. The number of aromatic carboxylic acids is 1. The second-order valence-corrected chi connectivity index (χ2v) is 5.59. The Kier molecular flexibility index (Phi) is 4.04. The highest BCUT2D eigenvalue weighted by atomic mass is 79.9. The summed E-state index contributed by atoms with van der Waals surface area (Å²) >= 11 is 4.93. The summed E-state index contributed by atoms with van der Waals surface area (Å²) in [5.74, 6) is -0.900. The standard InChI is InChI=1S/C13H10BrNO2S/c1-8-7-9(4-5-10(8)13(16)17)18-12-11(14)3-2-6-15-12/h2-7H,1H3,(H,16,17). The highest BCUT2D eigenvalue weighted by molar-refractivity contribution is 9.10. The van der Waals surface area contributed by atoms with Crippen LogP contribution in [0.2, 0.25) is 0 Å². The predicted octanol–water partition coefficient (Wildman–Crippen LogP) is 4.00. The summed E-state index contributed by atoms with van der Waals surface area (Å²) in [5, 5.41) is 9.82. The lowest BCUT2D eigenvalue weighted by atomic mass is 10.1. The molecule has 2 rings (SSSR count). The zero-order chi connectivity index (χ0) is 13.1. The molecule has 0 aliphatic rings. The van der Waals surface area contributed by atoms with E-state index in [1.807, 2.05) is 18.2 Å². The molecule has 0 radical (unpaired) electrons. The zero-order valence-electron chi connectivity index (χ0n) is 9.55. The number of hydrogen-bond donors (Lipinski definition) is 1. The normalized spacial score (nSPS) is 10.3. The zero-order valence-corrected chi connectivity index (χ0v) is 12.0. The van der Waals surface area contributed by atoms with Crippen molar-refractivity contribution >= 4 is 33.7 Å². The van der Waals surface area contributed by atoms with E-state index in [0.29, 0.717) is 5.56 Å². The van der Waals surface area contributed by atoms with Gasteiger partial charge in [0.2, 0.25) is 0 Å². The van der Waals surface area contributed by atoms with Gasteiger partial charge < -0.3 is 5.11 Å². The monoisotopic (exact) mass is 323 g/mol. The summed E-state index contributed by atoms with van der Waals surface area (Å²) < 4.78 is 0.926. The van der Waals surface area contributed by atoms with E-state index in [9.17, 15) is 4.79 Å². The quantitative estimate of drug-likeness (QED) is 0.927. The SMILES string of the molecule is Cc1cc(Sc2ncccc2Br)ccc1C(=O)O. The molecule has 0 unspecified atom stereocenters. The van der Waals surface area contributed by atoms with Crippen molar-refractivity contribution in [1.82, 2.24) is 4.98 Å². The van der Waals surface area contributed by atoms with Gasteiger partial charge in [-0.15, -0.1) is 0 Å². The summed E-state index contributed by atoms with van der Waals surface area (Å²) in [6.45, 7) is 1.79. The molecule has 0 fully saturated rings. The molecule has 2 aromatic rings. The van der Waals surface area contributed by atoms with E-state index in [2.05, 4.69) is 20.9 Å². The molecule has 0 amide bonds. The summed E-state index contributed by atoms with van der Waals surface area (Å²) in [6.07, 6.45) is 1.73. The van der Waals surface area contributed by atoms with Crippen molar-refractivity contribution in [3.05, 3.63) is 52.1 Å². The van der Waals surface area contributed by atoms with Gasteiger partial charge in [-0.2, -0.15) is 0 Å². The lowest BCUT2D eigenvalue weighted by Gasteiger charge is -2.06. The molecule has 0 saturated heterocycles. The Balaban J connectivity index is 2.29. The van der Waals surface area contributed by atoms with Gasteiger partial charge in [0, 0.05) is 11.1 Å². The number of benzene rings is 1. The van der Waals surface area contributed by atoms with Gasteiger partial charge in [-0.3, -0.25) is 0 Å². The van der Waals surface area contributed by atoms with Crippen molar-refractivity contribution in [3.8, 4) is 0 Å². The number of rotatable bonds is 3. The average molecular weight is 324 g/mol. The molecular formula is C13H10BrNO2S. The number of carbonyl (C=O) groups is 1. The van der Waals surface area contributed by atoms with Crippen LogP contribution in [0.5, 0.6) is 0 Å². The lowest BCUT2D eigenvalue weighted by molar-refractivity contribution is 0.0696. The number of hydrogen-bond acceptors (Lipinski definition) is 3. The number of carboxylic acid groups (broad SMARTS) is 1.